The average Bonchev–Trinajstić information content (AvgIpc) is 3.57. The van der Waals surface area contributed by atoms with Crippen molar-refractivity contribution in [2.45, 2.75) is 5.41 Å². The first-order chi connectivity index (χ1) is 27.3. The molecule has 0 spiro atoms. The number of hydrogen-bond donors (Lipinski definition) is 0. The van der Waals surface area contributed by atoms with Gasteiger partial charge in [-0.25, -0.2) is 15.0 Å². The van der Waals surface area contributed by atoms with E-state index in [4.69, 9.17) is 15.0 Å². The first kappa shape index (κ1) is 32.4. The van der Waals surface area contributed by atoms with Gasteiger partial charge < -0.3 is 0 Å². The lowest BCUT2D eigenvalue weighted by Crippen LogP contribution is -2.28. The largest absolute Gasteiger partial charge is 0.264 e. The van der Waals surface area contributed by atoms with Crippen LogP contribution >= 0.6 is 0 Å². The molecule has 9 aromatic rings. The van der Waals surface area contributed by atoms with Crippen molar-refractivity contribution in [3.05, 3.63) is 229 Å². The van der Waals surface area contributed by atoms with Crippen LogP contribution in [-0.4, -0.2) is 19.9 Å². The number of hydrogen-bond acceptors (Lipinski definition) is 4. The summed E-state index contributed by atoms with van der Waals surface area (Å²) in [6, 6.07) is 68.6. The highest BCUT2D eigenvalue weighted by molar-refractivity contribution is 5.90. The molecule has 1 aliphatic rings. The minimum Gasteiger partial charge on any atom is -0.264 e. The van der Waals surface area contributed by atoms with E-state index < -0.39 is 5.41 Å². The van der Waals surface area contributed by atoms with Gasteiger partial charge in [-0.3, -0.25) is 4.98 Å². The summed E-state index contributed by atoms with van der Waals surface area (Å²) in [5.74, 6) is 1.92. The number of rotatable bonds is 7. The third-order valence-corrected chi connectivity index (χ3v) is 10.7. The molecule has 2 aromatic heterocycles. The molecule has 0 aliphatic heterocycles. The SMILES string of the molecule is c1ccc(-c2nc(-c3ccccc3)nc(-c3cccc(-c4ccc5c(c4)C(c4ccccc4)(c4ccccc4)c4cc(-c6cccnc6)ccc4-5)c3)n2)cc1. The summed E-state index contributed by atoms with van der Waals surface area (Å²) in [5, 5.41) is 0. The molecule has 7 aromatic carbocycles. The highest BCUT2D eigenvalue weighted by Crippen LogP contribution is 2.57. The zero-order chi connectivity index (χ0) is 36.6. The molecule has 0 atom stereocenters. The maximum atomic E-state index is 5.03. The molecular formula is C51H34N4. The molecule has 0 saturated carbocycles. The van der Waals surface area contributed by atoms with Crippen molar-refractivity contribution in [3.8, 4) is 67.5 Å². The van der Waals surface area contributed by atoms with Crippen LogP contribution in [0.5, 0.6) is 0 Å². The quantitative estimate of drug-likeness (QED) is 0.166. The predicted molar refractivity (Wildman–Crippen MR) is 222 cm³/mol. The maximum absolute atomic E-state index is 5.03. The van der Waals surface area contributed by atoms with Gasteiger partial charge >= 0.3 is 0 Å². The van der Waals surface area contributed by atoms with Gasteiger partial charge in [0.05, 0.1) is 5.41 Å². The molecule has 0 amide bonds. The second kappa shape index (κ2) is 13.6. The lowest BCUT2D eigenvalue weighted by atomic mass is 9.67. The number of benzene rings is 7. The Morgan fingerprint density at radius 3 is 1.24 bits per heavy atom. The van der Waals surface area contributed by atoms with Crippen LogP contribution in [-0.2, 0) is 5.41 Å². The summed E-state index contributed by atoms with van der Waals surface area (Å²) in [5.41, 5.74) is 14.2. The van der Waals surface area contributed by atoms with Gasteiger partial charge in [-0.1, -0.05) is 170 Å². The fourth-order valence-electron chi connectivity index (χ4n) is 8.16. The molecule has 0 fully saturated rings. The van der Waals surface area contributed by atoms with Crippen molar-refractivity contribution >= 4 is 0 Å². The summed E-state index contributed by atoms with van der Waals surface area (Å²) in [7, 11) is 0. The third kappa shape index (κ3) is 5.63. The van der Waals surface area contributed by atoms with E-state index in [0.29, 0.717) is 17.5 Å². The minimum absolute atomic E-state index is 0.553. The van der Waals surface area contributed by atoms with Crippen molar-refractivity contribution in [2.24, 2.45) is 0 Å². The third-order valence-electron chi connectivity index (χ3n) is 10.7. The molecule has 2 heterocycles. The van der Waals surface area contributed by atoms with E-state index in [9.17, 15) is 0 Å². The van der Waals surface area contributed by atoms with E-state index in [-0.39, 0.29) is 0 Å². The van der Waals surface area contributed by atoms with Crippen LogP contribution in [0.2, 0.25) is 0 Å². The Labute approximate surface area is 320 Å². The van der Waals surface area contributed by atoms with Crippen LogP contribution in [0.25, 0.3) is 67.5 Å². The van der Waals surface area contributed by atoms with Crippen LogP contribution in [0.4, 0.5) is 0 Å². The Bertz CT molecular complexity index is 2690. The first-order valence-electron chi connectivity index (χ1n) is 18.5. The number of fused-ring (bicyclic) bond motifs is 3. The summed E-state index contributed by atoms with van der Waals surface area (Å²) < 4.78 is 0. The van der Waals surface area contributed by atoms with Crippen LogP contribution in [0.15, 0.2) is 207 Å². The second-order valence-electron chi connectivity index (χ2n) is 13.9. The summed E-state index contributed by atoms with van der Waals surface area (Å²) in [4.78, 5) is 19.4. The Morgan fingerprint density at radius 1 is 0.309 bits per heavy atom. The molecule has 0 radical (unpaired) electrons. The molecule has 4 nitrogen and oxygen atoms in total. The second-order valence-corrected chi connectivity index (χ2v) is 13.9. The van der Waals surface area contributed by atoms with E-state index >= 15 is 0 Å². The number of aromatic nitrogens is 4. The monoisotopic (exact) mass is 702 g/mol. The smallest absolute Gasteiger partial charge is 0.164 e. The highest BCUT2D eigenvalue weighted by atomic mass is 15.0. The van der Waals surface area contributed by atoms with Crippen molar-refractivity contribution in [1.29, 1.82) is 0 Å². The highest BCUT2D eigenvalue weighted by Gasteiger charge is 2.46. The van der Waals surface area contributed by atoms with E-state index in [1.165, 1.54) is 33.4 Å². The van der Waals surface area contributed by atoms with E-state index in [0.717, 1.165) is 38.9 Å². The normalized spacial score (nSPS) is 12.5. The van der Waals surface area contributed by atoms with Crippen molar-refractivity contribution in [3.63, 3.8) is 0 Å². The molecule has 0 bridgehead atoms. The minimum atomic E-state index is -0.553. The van der Waals surface area contributed by atoms with Crippen LogP contribution in [0.1, 0.15) is 22.3 Å². The number of pyridine rings is 1. The topological polar surface area (TPSA) is 51.6 Å². The van der Waals surface area contributed by atoms with E-state index in [2.05, 4.69) is 132 Å². The molecule has 258 valence electrons. The van der Waals surface area contributed by atoms with Crippen LogP contribution in [0, 0.1) is 0 Å². The Balaban J connectivity index is 1.16. The molecule has 0 saturated heterocycles. The fraction of sp³-hybridized carbons (Fsp3) is 0.0196. The van der Waals surface area contributed by atoms with Gasteiger partial charge in [0.25, 0.3) is 0 Å². The average molecular weight is 703 g/mol. The summed E-state index contributed by atoms with van der Waals surface area (Å²) in [6.07, 6.45) is 3.77. The first-order valence-corrected chi connectivity index (χ1v) is 18.5. The Morgan fingerprint density at radius 2 is 0.727 bits per heavy atom. The lowest BCUT2D eigenvalue weighted by molar-refractivity contribution is 0.769. The standard InChI is InChI=1S/C51H34N4/c1-5-15-35(16-6-1)48-53-49(36-17-7-2-8-18-36)55-50(54-48)40-20-13-19-37(31-40)38-26-28-44-45-29-27-39(41-21-14-30-52-34-41)33-47(45)51(46(44)32-38,42-22-9-3-10-23-42)43-24-11-4-12-25-43/h1-34H. The van der Waals surface area contributed by atoms with Crippen molar-refractivity contribution in [2.75, 3.05) is 0 Å². The molecule has 55 heavy (non-hydrogen) atoms. The Kier molecular flexibility index (Phi) is 8.00. The van der Waals surface area contributed by atoms with Gasteiger partial charge in [0.15, 0.2) is 17.5 Å². The number of nitrogens with zero attached hydrogens (tertiary/aromatic N) is 4. The van der Waals surface area contributed by atoms with Gasteiger partial charge in [0, 0.05) is 29.1 Å². The molecule has 10 rings (SSSR count). The Hall–Kier alpha value is -7.30. The van der Waals surface area contributed by atoms with E-state index in [1.54, 1.807) is 0 Å². The molecule has 1 aliphatic carbocycles. The molecule has 0 unspecified atom stereocenters. The maximum Gasteiger partial charge on any atom is 0.164 e. The fourth-order valence-corrected chi connectivity index (χ4v) is 8.16. The molecule has 4 heteroatoms. The zero-order valence-corrected chi connectivity index (χ0v) is 29.9. The summed E-state index contributed by atoms with van der Waals surface area (Å²) in [6.45, 7) is 0. The van der Waals surface area contributed by atoms with Gasteiger partial charge in [0.1, 0.15) is 0 Å². The van der Waals surface area contributed by atoms with Crippen molar-refractivity contribution in [1.82, 2.24) is 19.9 Å². The molecule has 0 N–H and O–H groups in total. The predicted octanol–water partition coefficient (Wildman–Crippen LogP) is 12.0. The van der Waals surface area contributed by atoms with E-state index in [1.807, 2.05) is 79.1 Å². The van der Waals surface area contributed by atoms with Crippen molar-refractivity contribution < 1.29 is 0 Å². The molecular weight excluding hydrogens is 669 g/mol. The lowest BCUT2D eigenvalue weighted by Gasteiger charge is -2.34. The van der Waals surface area contributed by atoms with Gasteiger partial charge in [-0.15, -0.1) is 0 Å². The summed E-state index contributed by atoms with van der Waals surface area (Å²) >= 11 is 0. The van der Waals surface area contributed by atoms with Gasteiger partial charge in [0.2, 0.25) is 0 Å². The van der Waals surface area contributed by atoms with Crippen LogP contribution in [0.3, 0.4) is 0 Å². The van der Waals surface area contributed by atoms with Crippen LogP contribution < -0.4 is 0 Å². The van der Waals surface area contributed by atoms with Gasteiger partial charge in [-0.05, 0) is 79.9 Å². The van der Waals surface area contributed by atoms with Gasteiger partial charge in [-0.2, -0.15) is 0 Å². The zero-order valence-electron chi connectivity index (χ0n) is 29.9.